The van der Waals surface area contributed by atoms with Crippen LogP contribution in [0.3, 0.4) is 0 Å². The lowest BCUT2D eigenvalue weighted by molar-refractivity contribution is -0.135. The largest absolute Gasteiger partial charge is 0.462 e. The van der Waals surface area contributed by atoms with Crippen LogP contribution in [0.25, 0.3) is 0 Å². The van der Waals surface area contributed by atoms with Crippen molar-refractivity contribution in [2.24, 2.45) is 5.92 Å². The summed E-state index contributed by atoms with van der Waals surface area (Å²) in [5.41, 5.74) is 1.40. The Morgan fingerprint density at radius 3 is 2.61 bits per heavy atom. The molecule has 1 atom stereocenters. The van der Waals surface area contributed by atoms with Crippen molar-refractivity contribution in [1.29, 1.82) is 0 Å². The van der Waals surface area contributed by atoms with Gasteiger partial charge in [-0.05, 0) is 45.2 Å². The van der Waals surface area contributed by atoms with Gasteiger partial charge in [0.05, 0.1) is 24.6 Å². The number of aryl methyl sites for hydroxylation is 1. The number of esters is 1. The molecule has 0 bridgehead atoms. The molecule has 2 amide bonds. The third kappa shape index (κ3) is 5.32. The van der Waals surface area contributed by atoms with Gasteiger partial charge >= 0.3 is 5.97 Å². The number of thiophene rings is 1. The Morgan fingerprint density at radius 2 is 2.00 bits per heavy atom. The maximum Gasteiger partial charge on any atom is 0.341 e. The van der Waals surface area contributed by atoms with E-state index in [4.69, 9.17) is 4.74 Å². The summed E-state index contributed by atoms with van der Waals surface area (Å²) in [4.78, 5) is 41.9. The maximum atomic E-state index is 12.6. The van der Waals surface area contributed by atoms with Gasteiger partial charge in [-0.25, -0.2) is 4.79 Å². The van der Waals surface area contributed by atoms with Crippen LogP contribution < -0.4 is 5.32 Å². The monoisotopic (exact) mass is 409 g/mol. The lowest BCUT2D eigenvalue weighted by Crippen LogP contribution is -2.45. The normalized spacial score (nSPS) is 17.2. The van der Waals surface area contributed by atoms with Gasteiger partial charge in [-0.1, -0.05) is 6.92 Å². The van der Waals surface area contributed by atoms with Crippen LogP contribution >= 0.6 is 11.3 Å². The fraction of sp³-hybridized carbons (Fsp3) is 0.650. The minimum absolute atomic E-state index is 0.0673. The van der Waals surface area contributed by atoms with E-state index >= 15 is 0 Å². The lowest BCUT2D eigenvalue weighted by atomic mass is 9.97. The molecule has 156 valence electrons. The molecule has 0 saturated carbocycles. The van der Waals surface area contributed by atoms with E-state index in [2.05, 4.69) is 5.32 Å². The fourth-order valence-corrected chi connectivity index (χ4v) is 4.80. The lowest BCUT2D eigenvalue weighted by Gasteiger charge is -2.32. The van der Waals surface area contributed by atoms with Gasteiger partial charge in [0.15, 0.2) is 0 Å². The van der Waals surface area contributed by atoms with Crippen LogP contribution in [0.5, 0.6) is 0 Å². The zero-order chi connectivity index (χ0) is 20.8. The molecule has 1 aliphatic heterocycles. The zero-order valence-electron chi connectivity index (χ0n) is 17.5. The molecular weight excluding hydrogens is 378 g/mol. The van der Waals surface area contributed by atoms with E-state index in [9.17, 15) is 14.4 Å². The highest BCUT2D eigenvalue weighted by Gasteiger charge is 2.29. The number of ether oxygens (including phenoxy) is 1. The van der Waals surface area contributed by atoms with Gasteiger partial charge in [0.1, 0.15) is 5.00 Å². The van der Waals surface area contributed by atoms with Gasteiger partial charge in [0.2, 0.25) is 11.8 Å². The average molecular weight is 410 g/mol. The molecule has 0 aromatic carbocycles. The number of rotatable bonds is 7. The van der Waals surface area contributed by atoms with Crippen LogP contribution in [0, 0.1) is 12.8 Å². The summed E-state index contributed by atoms with van der Waals surface area (Å²) in [5.74, 6) is -0.528. The first-order valence-electron chi connectivity index (χ1n) is 9.81. The highest BCUT2D eigenvalue weighted by molar-refractivity contribution is 7.16. The third-order valence-corrected chi connectivity index (χ3v) is 6.02. The summed E-state index contributed by atoms with van der Waals surface area (Å²) in [6, 6.07) is 0. The number of amides is 2. The summed E-state index contributed by atoms with van der Waals surface area (Å²) in [7, 11) is 3.52. The van der Waals surface area contributed by atoms with E-state index < -0.39 is 5.97 Å². The van der Waals surface area contributed by atoms with E-state index in [1.165, 1.54) is 11.3 Å². The first-order valence-corrected chi connectivity index (χ1v) is 10.6. The molecule has 2 heterocycles. The summed E-state index contributed by atoms with van der Waals surface area (Å²) in [6.45, 7) is 7.57. The van der Waals surface area contributed by atoms with Crippen LogP contribution in [0.2, 0.25) is 0 Å². The molecule has 1 saturated heterocycles. The van der Waals surface area contributed by atoms with Gasteiger partial charge in [0.25, 0.3) is 0 Å². The molecule has 1 aliphatic rings. The number of nitrogens with one attached hydrogen (secondary N) is 1. The quantitative estimate of drug-likeness (QED) is 0.700. The van der Waals surface area contributed by atoms with Crippen molar-refractivity contribution in [2.75, 3.05) is 45.7 Å². The van der Waals surface area contributed by atoms with Crippen molar-refractivity contribution in [2.45, 2.75) is 40.0 Å². The van der Waals surface area contributed by atoms with E-state index in [1.807, 2.05) is 18.7 Å². The number of piperidine rings is 1. The van der Waals surface area contributed by atoms with Crippen LogP contribution in [0.1, 0.15) is 47.5 Å². The van der Waals surface area contributed by atoms with Crippen LogP contribution in [0.15, 0.2) is 0 Å². The number of hydrogen-bond acceptors (Lipinski definition) is 6. The van der Waals surface area contributed by atoms with E-state index in [-0.39, 0.29) is 24.3 Å². The van der Waals surface area contributed by atoms with Crippen molar-refractivity contribution in [3.8, 4) is 0 Å². The number of anilines is 1. The van der Waals surface area contributed by atoms with E-state index in [1.54, 1.807) is 25.9 Å². The van der Waals surface area contributed by atoms with Crippen LogP contribution in [-0.2, 0) is 20.7 Å². The minimum Gasteiger partial charge on any atom is -0.462 e. The van der Waals surface area contributed by atoms with Crippen molar-refractivity contribution in [3.63, 3.8) is 0 Å². The van der Waals surface area contributed by atoms with Crippen LogP contribution in [0.4, 0.5) is 5.00 Å². The zero-order valence-corrected chi connectivity index (χ0v) is 18.3. The van der Waals surface area contributed by atoms with Gasteiger partial charge in [-0.15, -0.1) is 11.3 Å². The molecular formula is C20H31N3O4S. The number of hydrogen-bond donors (Lipinski definition) is 1. The van der Waals surface area contributed by atoms with Crippen molar-refractivity contribution in [3.05, 3.63) is 16.0 Å². The van der Waals surface area contributed by atoms with Gasteiger partial charge in [-0.2, -0.15) is 0 Å². The molecule has 1 aromatic rings. The number of carbonyl (C=O) groups excluding carboxylic acids is 3. The second-order valence-corrected chi connectivity index (χ2v) is 8.49. The van der Waals surface area contributed by atoms with Crippen molar-refractivity contribution >= 4 is 34.1 Å². The molecule has 0 aliphatic carbocycles. The first kappa shape index (κ1) is 22.4. The first-order chi connectivity index (χ1) is 13.3. The Labute approximate surface area is 171 Å². The molecule has 7 nitrogen and oxygen atoms in total. The standard InChI is InChI=1S/C20H31N3O4S/c1-6-15-13(3)28-18(17(15)20(26)27-7-2)21-16(24)12-23-10-8-9-14(11-23)19(25)22(4)5/h14H,6-12H2,1-5H3,(H,21,24). The maximum absolute atomic E-state index is 12.6. The molecule has 2 rings (SSSR count). The summed E-state index contributed by atoms with van der Waals surface area (Å²) < 4.78 is 5.18. The summed E-state index contributed by atoms with van der Waals surface area (Å²) in [6.07, 6.45) is 2.45. The van der Waals surface area contributed by atoms with Gasteiger partial charge in [-0.3, -0.25) is 14.5 Å². The Balaban J connectivity index is 2.07. The molecule has 0 radical (unpaired) electrons. The summed E-state index contributed by atoms with van der Waals surface area (Å²) >= 11 is 1.41. The third-order valence-electron chi connectivity index (χ3n) is 4.96. The summed E-state index contributed by atoms with van der Waals surface area (Å²) in [5, 5.41) is 3.45. The number of carbonyl (C=O) groups is 3. The Morgan fingerprint density at radius 1 is 1.29 bits per heavy atom. The Kier molecular flexibility index (Phi) is 8.00. The fourth-order valence-electron chi connectivity index (χ4n) is 3.65. The highest BCUT2D eigenvalue weighted by atomic mass is 32.1. The molecule has 1 aromatic heterocycles. The molecule has 0 spiro atoms. The second kappa shape index (κ2) is 10.0. The van der Waals surface area contributed by atoms with Crippen molar-refractivity contribution < 1.29 is 19.1 Å². The Hall–Kier alpha value is -1.93. The number of nitrogens with zero attached hydrogens (tertiary/aromatic N) is 2. The SMILES string of the molecule is CCOC(=O)c1c(NC(=O)CN2CCCC(C(=O)N(C)C)C2)sc(C)c1CC. The van der Waals surface area contributed by atoms with Crippen LogP contribution in [-0.4, -0.2) is 67.9 Å². The molecule has 1 fully saturated rings. The smallest absolute Gasteiger partial charge is 0.341 e. The van der Waals surface area contributed by atoms with E-state index in [0.717, 1.165) is 29.8 Å². The van der Waals surface area contributed by atoms with Gasteiger partial charge < -0.3 is 15.0 Å². The topological polar surface area (TPSA) is 79.0 Å². The predicted octanol–water partition coefficient (Wildman–Crippen LogP) is 2.53. The molecule has 1 unspecified atom stereocenters. The molecule has 8 heteroatoms. The average Bonchev–Trinajstić information content (AvgIpc) is 2.96. The number of likely N-dealkylation sites (tertiary alicyclic amines) is 1. The van der Waals surface area contributed by atoms with Gasteiger partial charge in [0, 0.05) is 25.5 Å². The van der Waals surface area contributed by atoms with E-state index in [0.29, 0.717) is 30.1 Å². The predicted molar refractivity (Wildman–Crippen MR) is 111 cm³/mol. The minimum atomic E-state index is -0.395. The highest BCUT2D eigenvalue weighted by Crippen LogP contribution is 2.34. The molecule has 28 heavy (non-hydrogen) atoms. The van der Waals surface area contributed by atoms with Crippen molar-refractivity contribution in [1.82, 2.24) is 9.80 Å². The second-order valence-electron chi connectivity index (χ2n) is 7.27. The molecule has 1 N–H and O–H groups in total. The Bertz CT molecular complexity index is 729.